The van der Waals surface area contributed by atoms with E-state index in [4.69, 9.17) is 0 Å². The summed E-state index contributed by atoms with van der Waals surface area (Å²) in [6.07, 6.45) is 4.77. The molecular weight excluding hydrogens is 336 g/mol. The summed E-state index contributed by atoms with van der Waals surface area (Å²) < 4.78 is 1.09. The number of likely N-dealkylation sites (N-methyl/N-ethyl adjacent to an activating group) is 1. The minimum absolute atomic E-state index is 0.0381. The van der Waals surface area contributed by atoms with E-state index in [2.05, 4.69) is 27.3 Å². The highest BCUT2D eigenvalue weighted by molar-refractivity contribution is 9.11. The molecule has 110 valence electrons. The number of fused-ring (bicyclic) bond motifs is 2. The third-order valence-corrected chi connectivity index (χ3v) is 6.54. The predicted octanol–water partition coefficient (Wildman–Crippen LogP) is 3.36. The molecular formula is C15H21BrN2OS. The predicted molar refractivity (Wildman–Crippen MR) is 86.2 cm³/mol. The Hall–Kier alpha value is -0.390. The molecule has 0 radical (unpaired) electrons. The van der Waals surface area contributed by atoms with Crippen LogP contribution < -0.4 is 5.32 Å². The van der Waals surface area contributed by atoms with Crippen molar-refractivity contribution in [3.8, 4) is 0 Å². The number of carbonyl (C=O) groups excluding carboxylic acids is 1. The van der Waals surface area contributed by atoms with Gasteiger partial charge in [0.05, 0.1) is 9.70 Å². The first-order valence-corrected chi connectivity index (χ1v) is 8.93. The summed E-state index contributed by atoms with van der Waals surface area (Å²) in [7, 11) is 1.98. The van der Waals surface area contributed by atoms with Crippen molar-refractivity contribution in [1.29, 1.82) is 0 Å². The van der Waals surface area contributed by atoms with Gasteiger partial charge in [0.25, 0.3) is 0 Å². The Morgan fingerprint density at radius 3 is 2.60 bits per heavy atom. The van der Waals surface area contributed by atoms with E-state index in [-0.39, 0.29) is 11.8 Å². The van der Waals surface area contributed by atoms with Gasteiger partial charge in [-0.3, -0.25) is 4.79 Å². The Kier molecular flexibility index (Phi) is 4.20. The molecule has 0 aliphatic carbocycles. The standard InChI is InChI=1S/C15H21BrN2OS/c1-9(13-5-6-14(16)20-13)15(19)18(2)12-7-10-3-4-11(8-12)17-10/h5-6,9-12,17H,3-4,7-8H2,1-2H3. The first kappa shape index (κ1) is 14.5. The van der Waals surface area contributed by atoms with Crippen molar-refractivity contribution in [2.75, 3.05) is 7.05 Å². The van der Waals surface area contributed by atoms with E-state index in [0.29, 0.717) is 18.1 Å². The maximum atomic E-state index is 12.7. The van der Waals surface area contributed by atoms with Gasteiger partial charge in [-0.05, 0) is 60.7 Å². The number of thiophene rings is 1. The number of hydrogen-bond acceptors (Lipinski definition) is 3. The molecule has 0 aromatic carbocycles. The molecule has 3 atom stereocenters. The van der Waals surface area contributed by atoms with Gasteiger partial charge in [0.1, 0.15) is 0 Å². The molecule has 1 aromatic rings. The fourth-order valence-electron chi connectivity index (χ4n) is 3.51. The average Bonchev–Trinajstić information content (AvgIpc) is 3.02. The molecule has 3 unspecified atom stereocenters. The summed E-state index contributed by atoms with van der Waals surface area (Å²) in [5, 5.41) is 3.64. The number of halogens is 1. The molecule has 3 heterocycles. The van der Waals surface area contributed by atoms with Gasteiger partial charge in [0, 0.05) is 30.1 Å². The fraction of sp³-hybridized carbons (Fsp3) is 0.667. The number of carbonyl (C=O) groups is 1. The van der Waals surface area contributed by atoms with Gasteiger partial charge in [-0.25, -0.2) is 0 Å². The van der Waals surface area contributed by atoms with Crippen LogP contribution >= 0.6 is 27.3 Å². The topological polar surface area (TPSA) is 32.3 Å². The Labute approximate surface area is 132 Å². The lowest BCUT2D eigenvalue weighted by atomic mass is 9.97. The highest BCUT2D eigenvalue weighted by Crippen LogP contribution is 2.33. The van der Waals surface area contributed by atoms with E-state index >= 15 is 0 Å². The number of piperidine rings is 1. The number of rotatable bonds is 3. The molecule has 2 saturated heterocycles. The van der Waals surface area contributed by atoms with E-state index in [0.717, 1.165) is 21.5 Å². The summed E-state index contributed by atoms with van der Waals surface area (Å²) in [6, 6.07) is 5.73. The lowest BCUT2D eigenvalue weighted by Gasteiger charge is -2.36. The number of amides is 1. The molecule has 1 N–H and O–H groups in total. The summed E-state index contributed by atoms with van der Waals surface area (Å²) in [6.45, 7) is 2.02. The van der Waals surface area contributed by atoms with Gasteiger partial charge in [-0.1, -0.05) is 0 Å². The molecule has 1 aromatic heterocycles. The van der Waals surface area contributed by atoms with Crippen molar-refractivity contribution in [2.45, 2.75) is 56.7 Å². The van der Waals surface area contributed by atoms with Crippen LogP contribution in [0, 0.1) is 0 Å². The summed E-state index contributed by atoms with van der Waals surface area (Å²) in [4.78, 5) is 15.8. The maximum Gasteiger partial charge on any atom is 0.230 e. The maximum absolute atomic E-state index is 12.7. The summed E-state index contributed by atoms with van der Waals surface area (Å²) in [5.41, 5.74) is 0. The first-order valence-electron chi connectivity index (χ1n) is 7.32. The Morgan fingerprint density at radius 1 is 1.40 bits per heavy atom. The Morgan fingerprint density at radius 2 is 2.05 bits per heavy atom. The molecule has 0 saturated carbocycles. The van der Waals surface area contributed by atoms with Crippen molar-refractivity contribution in [3.63, 3.8) is 0 Å². The molecule has 1 amide bonds. The number of nitrogens with zero attached hydrogens (tertiary/aromatic N) is 1. The normalized spacial score (nSPS) is 30.2. The van der Waals surface area contributed by atoms with Crippen molar-refractivity contribution >= 4 is 33.2 Å². The first-order chi connectivity index (χ1) is 9.54. The second-order valence-corrected chi connectivity index (χ2v) is 8.57. The third-order valence-electron chi connectivity index (χ3n) is 4.73. The van der Waals surface area contributed by atoms with Gasteiger partial charge >= 0.3 is 0 Å². The average molecular weight is 357 g/mol. The minimum Gasteiger partial charge on any atom is -0.342 e. The van der Waals surface area contributed by atoms with E-state index in [1.807, 2.05) is 24.9 Å². The van der Waals surface area contributed by atoms with Crippen LogP contribution in [0.3, 0.4) is 0 Å². The van der Waals surface area contributed by atoms with Crippen LogP contribution in [0.25, 0.3) is 0 Å². The lowest BCUT2D eigenvalue weighted by Crippen LogP contribution is -2.49. The second-order valence-electron chi connectivity index (χ2n) is 6.08. The van der Waals surface area contributed by atoms with E-state index < -0.39 is 0 Å². The number of hydrogen-bond donors (Lipinski definition) is 1. The quantitative estimate of drug-likeness (QED) is 0.900. The summed E-state index contributed by atoms with van der Waals surface area (Å²) in [5.74, 6) is 0.217. The molecule has 2 aliphatic heterocycles. The smallest absolute Gasteiger partial charge is 0.230 e. The van der Waals surface area contributed by atoms with Gasteiger partial charge in [-0.2, -0.15) is 0 Å². The zero-order valence-corrected chi connectivity index (χ0v) is 14.3. The highest BCUT2D eigenvalue weighted by Gasteiger charge is 2.37. The van der Waals surface area contributed by atoms with E-state index in [1.165, 1.54) is 12.8 Å². The van der Waals surface area contributed by atoms with E-state index in [9.17, 15) is 4.79 Å². The summed E-state index contributed by atoms with van der Waals surface area (Å²) >= 11 is 5.13. The van der Waals surface area contributed by atoms with Gasteiger partial charge < -0.3 is 10.2 Å². The van der Waals surface area contributed by atoms with Crippen LogP contribution in [0.1, 0.15) is 43.4 Å². The van der Waals surface area contributed by atoms with Crippen molar-refractivity contribution < 1.29 is 4.79 Å². The Bertz CT molecular complexity index is 492. The molecule has 2 aliphatic rings. The van der Waals surface area contributed by atoms with Crippen LogP contribution in [0.2, 0.25) is 0 Å². The highest BCUT2D eigenvalue weighted by atomic mass is 79.9. The van der Waals surface area contributed by atoms with Crippen LogP contribution in [-0.2, 0) is 4.79 Å². The fourth-order valence-corrected chi connectivity index (χ4v) is 4.98. The molecule has 2 bridgehead atoms. The molecule has 0 spiro atoms. The van der Waals surface area contributed by atoms with Crippen LogP contribution in [0.15, 0.2) is 15.9 Å². The van der Waals surface area contributed by atoms with Crippen molar-refractivity contribution in [3.05, 3.63) is 20.8 Å². The molecule has 2 fully saturated rings. The zero-order chi connectivity index (χ0) is 14.3. The lowest BCUT2D eigenvalue weighted by molar-refractivity contribution is -0.133. The second kappa shape index (κ2) is 5.78. The number of nitrogens with one attached hydrogen (secondary N) is 1. The van der Waals surface area contributed by atoms with Crippen LogP contribution in [-0.4, -0.2) is 36.0 Å². The van der Waals surface area contributed by atoms with Gasteiger partial charge in [0.15, 0.2) is 0 Å². The zero-order valence-electron chi connectivity index (χ0n) is 11.9. The van der Waals surface area contributed by atoms with Gasteiger partial charge in [-0.15, -0.1) is 11.3 Å². The van der Waals surface area contributed by atoms with Crippen LogP contribution in [0.4, 0.5) is 0 Å². The SMILES string of the molecule is CC(C(=O)N(C)C1CC2CCC(C1)N2)c1ccc(Br)s1. The minimum atomic E-state index is -0.0381. The largest absolute Gasteiger partial charge is 0.342 e. The Balaban J connectivity index is 1.67. The third kappa shape index (κ3) is 2.81. The molecule has 5 heteroatoms. The molecule has 20 heavy (non-hydrogen) atoms. The molecule has 3 rings (SSSR count). The van der Waals surface area contributed by atoms with Crippen LogP contribution in [0.5, 0.6) is 0 Å². The van der Waals surface area contributed by atoms with Crippen molar-refractivity contribution in [2.24, 2.45) is 0 Å². The monoisotopic (exact) mass is 356 g/mol. The van der Waals surface area contributed by atoms with Gasteiger partial charge in [0.2, 0.25) is 5.91 Å². The van der Waals surface area contributed by atoms with Crippen molar-refractivity contribution in [1.82, 2.24) is 10.2 Å². The molecule has 3 nitrogen and oxygen atoms in total. The van der Waals surface area contributed by atoms with E-state index in [1.54, 1.807) is 11.3 Å².